The summed E-state index contributed by atoms with van der Waals surface area (Å²) in [4.78, 5) is 5.65. The average molecular weight is 361 g/mol. The molecule has 2 rings (SSSR count). The van der Waals surface area contributed by atoms with Crippen molar-refractivity contribution in [2.75, 3.05) is 0 Å². The lowest BCUT2D eigenvalue weighted by atomic mass is 10.0. The van der Waals surface area contributed by atoms with E-state index in [1.54, 1.807) is 0 Å². The van der Waals surface area contributed by atoms with Gasteiger partial charge in [-0.05, 0) is 18.2 Å². The van der Waals surface area contributed by atoms with Crippen molar-refractivity contribution < 1.29 is 4.84 Å². The van der Waals surface area contributed by atoms with E-state index in [-0.39, 0.29) is 11.5 Å². The van der Waals surface area contributed by atoms with Crippen molar-refractivity contribution in [1.82, 2.24) is 0 Å². The molecule has 1 aliphatic heterocycles. The van der Waals surface area contributed by atoms with Gasteiger partial charge in [0.2, 0.25) is 0 Å². The molecule has 2 atom stereocenters. The highest BCUT2D eigenvalue weighted by atomic mass is 79.9. The van der Waals surface area contributed by atoms with Crippen LogP contribution < -0.4 is 0 Å². The quantitative estimate of drug-likeness (QED) is 0.555. The SMILES string of the molecule is C[Si](C)(C)C[C@@H]1C[C@@H](Cl)C(c2ccc(Br)cc2)=NO1. The van der Waals surface area contributed by atoms with Crippen LogP contribution in [0.4, 0.5) is 0 Å². The second-order valence-electron chi connectivity index (χ2n) is 6.18. The molecule has 104 valence electrons. The van der Waals surface area contributed by atoms with Gasteiger partial charge in [-0.1, -0.05) is 52.9 Å². The molecule has 0 radical (unpaired) electrons. The first kappa shape index (κ1) is 15.1. The molecule has 19 heavy (non-hydrogen) atoms. The lowest BCUT2D eigenvalue weighted by molar-refractivity contribution is 0.0573. The molecule has 0 aromatic heterocycles. The standard InChI is InChI=1S/C14H19BrClNOSi/c1-19(2,3)9-12-8-13(16)14(17-18-12)10-4-6-11(15)7-5-10/h4-7,12-13H,8-9H2,1-3H3/t12-,13+/m0/s1. The molecule has 5 heteroatoms. The summed E-state index contributed by atoms with van der Waals surface area (Å²) in [5.74, 6) is 0. The van der Waals surface area contributed by atoms with Crippen LogP contribution in [0.25, 0.3) is 0 Å². The molecule has 2 nitrogen and oxygen atoms in total. The van der Waals surface area contributed by atoms with Gasteiger partial charge in [-0.25, -0.2) is 0 Å². The van der Waals surface area contributed by atoms with E-state index in [9.17, 15) is 0 Å². The fraction of sp³-hybridized carbons (Fsp3) is 0.500. The van der Waals surface area contributed by atoms with Crippen molar-refractivity contribution in [1.29, 1.82) is 0 Å². The van der Waals surface area contributed by atoms with Crippen molar-refractivity contribution in [2.45, 2.75) is 43.6 Å². The summed E-state index contributed by atoms with van der Waals surface area (Å²) < 4.78 is 1.05. The van der Waals surface area contributed by atoms with Crippen molar-refractivity contribution >= 4 is 41.3 Å². The summed E-state index contributed by atoms with van der Waals surface area (Å²) >= 11 is 9.90. The Morgan fingerprint density at radius 1 is 1.32 bits per heavy atom. The van der Waals surface area contributed by atoms with E-state index in [0.717, 1.165) is 28.2 Å². The van der Waals surface area contributed by atoms with Gasteiger partial charge in [-0.3, -0.25) is 0 Å². The Kier molecular flexibility index (Phi) is 4.74. The van der Waals surface area contributed by atoms with Gasteiger partial charge in [0.05, 0.1) is 5.38 Å². The monoisotopic (exact) mass is 359 g/mol. The molecule has 0 bridgehead atoms. The first-order valence-electron chi connectivity index (χ1n) is 6.49. The maximum atomic E-state index is 6.47. The average Bonchev–Trinajstić information content (AvgIpc) is 2.29. The molecule has 1 aromatic rings. The van der Waals surface area contributed by atoms with E-state index < -0.39 is 8.07 Å². The number of hydrogen-bond donors (Lipinski definition) is 0. The van der Waals surface area contributed by atoms with Gasteiger partial charge in [0, 0.05) is 24.5 Å². The molecule has 1 aliphatic rings. The van der Waals surface area contributed by atoms with Gasteiger partial charge in [0.15, 0.2) is 0 Å². The molecule has 1 heterocycles. The van der Waals surface area contributed by atoms with Crippen LogP contribution in [0.1, 0.15) is 12.0 Å². The van der Waals surface area contributed by atoms with Crippen LogP contribution in [0.5, 0.6) is 0 Å². The molecule has 0 unspecified atom stereocenters. The van der Waals surface area contributed by atoms with Gasteiger partial charge < -0.3 is 4.84 Å². The summed E-state index contributed by atoms with van der Waals surface area (Å²) in [6.07, 6.45) is 1.02. The zero-order chi connectivity index (χ0) is 14.0. The largest absolute Gasteiger partial charge is 0.392 e. The summed E-state index contributed by atoms with van der Waals surface area (Å²) in [5, 5.41) is 4.21. The van der Waals surface area contributed by atoms with Crippen molar-refractivity contribution in [3.05, 3.63) is 34.3 Å². The Labute approximate surface area is 129 Å². The van der Waals surface area contributed by atoms with Gasteiger partial charge >= 0.3 is 0 Å². The second kappa shape index (κ2) is 5.98. The van der Waals surface area contributed by atoms with Gasteiger partial charge in [-0.15, -0.1) is 11.6 Å². The molecule has 0 amide bonds. The van der Waals surface area contributed by atoms with Crippen molar-refractivity contribution in [3.8, 4) is 0 Å². The van der Waals surface area contributed by atoms with Crippen LogP contribution >= 0.6 is 27.5 Å². The highest BCUT2D eigenvalue weighted by Gasteiger charge is 2.30. The summed E-state index contributed by atoms with van der Waals surface area (Å²) in [6.45, 7) is 7.02. The third-order valence-electron chi connectivity index (χ3n) is 3.05. The topological polar surface area (TPSA) is 21.6 Å². The third kappa shape index (κ3) is 4.33. The van der Waals surface area contributed by atoms with Crippen LogP contribution in [-0.4, -0.2) is 25.3 Å². The number of alkyl halides is 1. The molecular weight excluding hydrogens is 342 g/mol. The normalized spacial score (nSPS) is 23.7. The van der Waals surface area contributed by atoms with E-state index in [4.69, 9.17) is 16.4 Å². The van der Waals surface area contributed by atoms with E-state index in [2.05, 4.69) is 40.7 Å². The van der Waals surface area contributed by atoms with Crippen LogP contribution in [0.15, 0.2) is 33.9 Å². The Morgan fingerprint density at radius 3 is 2.47 bits per heavy atom. The predicted molar refractivity (Wildman–Crippen MR) is 88.0 cm³/mol. The Morgan fingerprint density at radius 2 is 1.95 bits per heavy atom. The highest BCUT2D eigenvalue weighted by molar-refractivity contribution is 9.10. The zero-order valence-electron chi connectivity index (χ0n) is 11.5. The van der Waals surface area contributed by atoms with E-state index in [0.29, 0.717) is 0 Å². The molecule has 0 saturated carbocycles. The molecule has 0 saturated heterocycles. The summed E-state index contributed by atoms with van der Waals surface area (Å²) in [7, 11) is -1.14. The van der Waals surface area contributed by atoms with Crippen molar-refractivity contribution in [2.24, 2.45) is 5.16 Å². The van der Waals surface area contributed by atoms with Crippen LogP contribution in [0.3, 0.4) is 0 Å². The molecule has 0 spiro atoms. The number of benzene rings is 1. The van der Waals surface area contributed by atoms with E-state index in [1.165, 1.54) is 0 Å². The first-order chi connectivity index (χ1) is 8.85. The van der Waals surface area contributed by atoms with Crippen LogP contribution in [-0.2, 0) is 4.84 Å². The number of halogens is 2. The number of oxime groups is 1. The molecule has 0 N–H and O–H groups in total. The number of nitrogens with zero attached hydrogens (tertiary/aromatic N) is 1. The maximum Gasteiger partial charge on any atom is 0.127 e. The van der Waals surface area contributed by atoms with Crippen LogP contribution in [0, 0.1) is 0 Å². The summed E-state index contributed by atoms with van der Waals surface area (Å²) in [6, 6.07) is 9.12. The minimum Gasteiger partial charge on any atom is -0.392 e. The smallest absolute Gasteiger partial charge is 0.127 e. The first-order valence-corrected chi connectivity index (χ1v) is 11.4. The third-order valence-corrected chi connectivity index (χ3v) is 5.64. The van der Waals surface area contributed by atoms with E-state index in [1.807, 2.05) is 24.3 Å². The van der Waals surface area contributed by atoms with Gasteiger partial charge in [0.25, 0.3) is 0 Å². The minimum atomic E-state index is -1.14. The molecule has 0 aliphatic carbocycles. The minimum absolute atomic E-state index is 0.0590. The van der Waals surface area contributed by atoms with E-state index >= 15 is 0 Å². The second-order valence-corrected chi connectivity index (χ2v) is 13.2. The summed E-state index contributed by atoms with van der Waals surface area (Å²) in [5.41, 5.74) is 1.88. The lowest BCUT2D eigenvalue weighted by Crippen LogP contribution is -2.34. The lowest BCUT2D eigenvalue weighted by Gasteiger charge is -2.28. The predicted octanol–water partition coefficient (Wildman–Crippen LogP) is 4.89. The zero-order valence-corrected chi connectivity index (χ0v) is 14.8. The fourth-order valence-corrected chi connectivity index (χ4v) is 4.47. The number of rotatable bonds is 3. The highest BCUT2D eigenvalue weighted by Crippen LogP contribution is 2.27. The van der Waals surface area contributed by atoms with Gasteiger partial charge in [-0.2, -0.15) is 0 Å². The Balaban J connectivity index is 2.10. The van der Waals surface area contributed by atoms with Gasteiger partial charge in [0.1, 0.15) is 11.8 Å². The maximum absolute atomic E-state index is 6.47. The molecule has 1 aromatic carbocycles. The molecular formula is C14H19BrClNOSi. The Bertz CT molecular complexity index is 469. The van der Waals surface area contributed by atoms with Crippen LogP contribution in [0.2, 0.25) is 25.7 Å². The molecule has 0 fully saturated rings. The number of hydrogen-bond acceptors (Lipinski definition) is 2. The fourth-order valence-electron chi connectivity index (χ4n) is 2.23. The van der Waals surface area contributed by atoms with Crippen molar-refractivity contribution in [3.63, 3.8) is 0 Å². The Hall–Kier alpha value is -0.323.